The number of urea groups is 1. The van der Waals surface area contributed by atoms with Gasteiger partial charge in [0.05, 0.1) is 5.54 Å². The second-order valence-corrected chi connectivity index (χ2v) is 3.26. The molecule has 4 nitrogen and oxygen atoms in total. The van der Waals surface area contributed by atoms with Gasteiger partial charge in [0.2, 0.25) is 0 Å². The first-order valence-corrected chi connectivity index (χ1v) is 3.52. The highest BCUT2D eigenvalue weighted by molar-refractivity contribution is 5.77. The quantitative estimate of drug-likeness (QED) is 0.411. The Balaban J connectivity index is 2.01. The monoisotopic (exact) mass is 141 g/mol. The van der Waals surface area contributed by atoms with Gasteiger partial charge in [-0.15, -0.1) is 0 Å². The zero-order valence-corrected chi connectivity index (χ0v) is 5.68. The van der Waals surface area contributed by atoms with Crippen LogP contribution >= 0.6 is 0 Å². The van der Waals surface area contributed by atoms with Crippen molar-refractivity contribution in [1.29, 1.82) is 0 Å². The Morgan fingerprint density at radius 2 is 2.30 bits per heavy atom. The summed E-state index contributed by atoms with van der Waals surface area (Å²) >= 11 is 0. The van der Waals surface area contributed by atoms with Gasteiger partial charge in [-0.2, -0.15) is 0 Å². The lowest BCUT2D eigenvalue weighted by Gasteiger charge is -2.41. The van der Waals surface area contributed by atoms with Crippen LogP contribution in [-0.2, 0) is 0 Å². The molecule has 1 heterocycles. The van der Waals surface area contributed by atoms with E-state index in [2.05, 4.69) is 10.6 Å². The lowest BCUT2D eigenvalue weighted by molar-refractivity contribution is 0.192. The molecule has 0 aromatic rings. The number of amides is 2. The molecule has 0 aromatic carbocycles. The zero-order chi connectivity index (χ0) is 7.19. The van der Waals surface area contributed by atoms with Gasteiger partial charge in [0.15, 0.2) is 0 Å². The molecule has 1 spiro atoms. The Hall–Kier alpha value is -0.770. The number of nitrogens with one attached hydrogen (secondary N) is 2. The molecule has 2 amide bonds. The van der Waals surface area contributed by atoms with E-state index in [4.69, 9.17) is 5.73 Å². The van der Waals surface area contributed by atoms with Crippen molar-refractivity contribution < 1.29 is 4.79 Å². The Bertz CT molecular complexity index is 174. The molecule has 0 radical (unpaired) electrons. The van der Waals surface area contributed by atoms with Gasteiger partial charge in [-0.05, 0) is 12.8 Å². The highest BCUT2D eigenvalue weighted by Gasteiger charge is 2.47. The average Bonchev–Trinajstić information content (AvgIpc) is 2.10. The van der Waals surface area contributed by atoms with E-state index < -0.39 is 0 Å². The van der Waals surface area contributed by atoms with Crippen LogP contribution in [0.3, 0.4) is 0 Å². The predicted molar refractivity (Wildman–Crippen MR) is 36.5 cm³/mol. The molecule has 0 unspecified atom stereocenters. The molecule has 2 aliphatic rings. The standard InChI is InChI=1S/C6H11N3O/c7-4-1-6(2-4)3-8-5(10)9-6/h4H,1-3,7H2,(H2,8,9,10). The fourth-order valence-corrected chi connectivity index (χ4v) is 1.77. The summed E-state index contributed by atoms with van der Waals surface area (Å²) in [5, 5.41) is 5.59. The highest BCUT2D eigenvalue weighted by Crippen LogP contribution is 2.32. The Morgan fingerprint density at radius 3 is 2.70 bits per heavy atom. The third-order valence-electron chi connectivity index (χ3n) is 2.27. The molecule has 0 bridgehead atoms. The third-order valence-corrected chi connectivity index (χ3v) is 2.27. The third kappa shape index (κ3) is 0.686. The molecule has 56 valence electrons. The van der Waals surface area contributed by atoms with Crippen molar-refractivity contribution in [2.45, 2.75) is 24.4 Å². The van der Waals surface area contributed by atoms with Crippen LogP contribution in [-0.4, -0.2) is 24.2 Å². The minimum atomic E-state index is -0.0492. The van der Waals surface area contributed by atoms with Crippen LogP contribution in [0.2, 0.25) is 0 Å². The lowest BCUT2D eigenvalue weighted by atomic mass is 9.74. The summed E-state index contributed by atoms with van der Waals surface area (Å²) in [5.41, 5.74) is 5.62. The first-order valence-electron chi connectivity index (χ1n) is 3.52. The fourth-order valence-electron chi connectivity index (χ4n) is 1.77. The van der Waals surface area contributed by atoms with Gasteiger partial charge in [0.25, 0.3) is 0 Å². The molecule has 1 aliphatic carbocycles. The van der Waals surface area contributed by atoms with Crippen LogP contribution in [0.25, 0.3) is 0 Å². The van der Waals surface area contributed by atoms with Crippen molar-refractivity contribution in [3.05, 3.63) is 0 Å². The second kappa shape index (κ2) is 1.63. The summed E-state index contributed by atoms with van der Waals surface area (Å²) in [5.74, 6) is 0. The largest absolute Gasteiger partial charge is 0.336 e. The molecular weight excluding hydrogens is 130 g/mol. The fraction of sp³-hybridized carbons (Fsp3) is 0.833. The maximum atomic E-state index is 10.7. The normalized spacial score (nSPS) is 44.5. The van der Waals surface area contributed by atoms with Crippen LogP contribution in [0, 0.1) is 0 Å². The molecule has 2 rings (SSSR count). The zero-order valence-electron chi connectivity index (χ0n) is 5.68. The van der Waals surface area contributed by atoms with E-state index in [1.54, 1.807) is 0 Å². The van der Waals surface area contributed by atoms with Crippen LogP contribution in [0.1, 0.15) is 12.8 Å². The molecule has 10 heavy (non-hydrogen) atoms. The molecule has 0 atom stereocenters. The van der Waals surface area contributed by atoms with Crippen molar-refractivity contribution in [2.24, 2.45) is 5.73 Å². The van der Waals surface area contributed by atoms with Gasteiger partial charge < -0.3 is 16.4 Å². The van der Waals surface area contributed by atoms with E-state index in [1.807, 2.05) is 0 Å². The van der Waals surface area contributed by atoms with Crippen LogP contribution in [0.15, 0.2) is 0 Å². The maximum absolute atomic E-state index is 10.7. The van der Waals surface area contributed by atoms with Crippen LogP contribution in [0.4, 0.5) is 4.79 Å². The summed E-state index contributed by atoms with van der Waals surface area (Å²) in [6.45, 7) is 0.750. The predicted octanol–water partition coefficient (Wildman–Crippen LogP) is -0.841. The number of carbonyl (C=O) groups is 1. The Kier molecular flexibility index (Phi) is 0.976. The van der Waals surface area contributed by atoms with Crippen LogP contribution < -0.4 is 16.4 Å². The Labute approximate surface area is 59.2 Å². The minimum Gasteiger partial charge on any atom is -0.336 e. The van der Waals surface area contributed by atoms with Gasteiger partial charge in [-0.3, -0.25) is 0 Å². The van der Waals surface area contributed by atoms with Gasteiger partial charge in [-0.25, -0.2) is 4.79 Å². The van der Waals surface area contributed by atoms with Crippen molar-refractivity contribution in [3.8, 4) is 0 Å². The molecular formula is C6H11N3O. The average molecular weight is 141 g/mol. The second-order valence-electron chi connectivity index (χ2n) is 3.26. The first-order chi connectivity index (χ1) is 4.70. The molecule has 4 N–H and O–H groups in total. The van der Waals surface area contributed by atoms with E-state index in [9.17, 15) is 4.79 Å². The van der Waals surface area contributed by atoms with Crippen LogP contribution in [0.5, 0.6) is 0 Å². The maximum Gasteiger partial charge on any atom is 0.315 e. The Morgan fingerprint density at radius 1 is 1.60 bits per heavy atom. The highest BCUT2D eigenvalue weighted by atomic mass is 16.2. The number of hydrogen-bond donors (Lipinski definition) is 3. The van der Waals surface area contributed by atoms with Crippen molar-refractivity contribution in [1.82, 2.24) is 10.6 Å². The van der Waals surface area contributed by atoms with E-state index in [-0.39, 0.29) is 11.6 Å². The minimum absolute atomic E-state index is 0.0243. The summed E-state index contributed by atoms with van der Waals surface area (Å²) in [7, 11) is 0. The first kappa shape index (κ1) is 5.97. The summed E-state index contributed by atoms with van der Waals surface area (Å²) in [6, 6.07) is 0.243. The van der Waals surface area contributed by atoms with E-state index >= 15 is 0 Å². The van der Waals surface area contributed by atoms with Crippen molar-refractivity contribution >= 4 is 6.03 Å². The van der Waals surface area contributed by atoms with Gasteiger partial charge in [0, 0.05) is 12.6 Å². The molecule has 1 aliphatic heterocycles. The smallest absolute Gasteiger partial charge is 0.315 e. The summed E-state index contributed by atoms with van der Waals surface area (Å²) in [6.07, 6.45) is 1.84. The van der Waals surface area contributed by atoms with Gasteiger partial charge in [-0.1, -0.05) is 0 Å². The number of nitrogens with two attached hydrogens (primary N) is 1. The number of carbonyl (C=O) groups excluding carboxylic acids is 1. The van der Waals surface area contributed by atoms with E-state index in [0.717, 1.165) is 19.4 Å². The summed E-state index contributed by atoms with van der Waals surface area (Å²) in [4.78, 5) is 10.7. The van der Waals surface area contributed by atoms with E-state index in [0.29, 0.717) is 6.04 Å². The SMILES string of the molecule is NC1CC2(CNC(=O)N2)C1. The van der Waals surface area contributed by atoms with Gasteiger partial charge >= 0.3 is 6.03 Å². The topological polar surface area (TPSA) is 67.1 Å². The van der Waals surface area contributed by atoms with Gasteiger partial charge in [0.1, 0.15) is 0 Å². The van der Waals surface area contributed by atoms with E-state index in [1.165, 1.54) is 0 Å². The number of rotatable bonds is 0. The summed E-state index contributed by atoms with van der Waals surface area (Å²) < 4.78 is 0. The van der Waals surface area contributed by atoms with Crippen molar-refractivity contribution in [2.75, 3.05) is 6.54 Å². The molecule has 1 saturated carbocycles. The number of hydrogen-bond acceptors (Lipinski definition) is 2. The lowest BCUT2D eigenvalue weighted by Crippen LogP contribution is -2.59. The molecule has 1 saturated heterocycles. The molecule has 2 fully saturated rings. The van der Waals surface area contributed by atoms with Crippen molar-refractivity contribution in [3.63, 3.8) is 0 Å². The molecule has 4 heteroatoms. The molecule has 0 aromatic heterocycles.